The number of imidazole rings is 1. The van der Waals surface area contributed by atoms with Crippen molar-refractivity contribution >= 4 is 11.6 Å². The standard InChI is InChI=1S/C15H20N4O/c1-12(2)18(3)10-15(20)17-13-4-6-14(7-5-13)19-9-8-16-11-19/h4-9,11-12H,10H2,1-3H3,(H,17,20). The number of benzene rings is 1. The number of nitrogens with zero attached hydrogens (tertiary/aromatic N) is 3. The molecule has 0 saturated carbocycles. The van der Waals surface area contributed by atoms with E-state index in [2.05, 4.69) is 24.1 Å². The van der Waals surface area contributed by atoms with Crippen LogP contribution in [0.25, 0.3) is 5.69 Å². The minimum atomic E-state index is -0.00317. The van der Waals surface area contributed by atoms with Crippen molar-refractivity contribution in [2.24, 2.45) is 0 Å². The van der Waals surface area contributed by atoms with E-state index in [4.69, 9.17) is 0 Å². The average Bonchev–Trinajstić information content (AvgIpc) is 2.93. The lowest BCUT2D eigenvalue weighted by Gasteiger charge is -2.20. The Balaban J connectivity index is 1.95. The summed E-state index contributed by atoms with van der Waals surface area (Å²) in [5.74, 6) is -0.00317. The van der Waals surface area contributed by atoms with Gasteiger partial charge in [0.15, 0.2) is 0 Å². The van der Waals surface area contributed by atoms with Crippen LogP contribution in [0.5, 0.6) is 0 Å². The molecule has 0 aliphatic rings. The zero-order valence-electron chi connectivity index (χ0n) is 12.1. The molecular weight excluding hydrogens is 252 g/mol. The molecule has 1 N–H and O–H groups in total. The van der Waals surface area contributed by atoms with Gasteiger partial charge in [0.1, 0.15) is 0 Å². The first-order chi connectivity index (χ1) is 9.56. The van der Waals surface area contributed by atoms with E-state index in [1.54, 1.807) is 12.5 Å². The minimum absolute atomic E-state index is 0.00317. The molecule has 0 aliphatic heterocycles. The van der Waals surface area contributed by atoms with Crippen molar-refractivity contribution in [1.29, 1.82) is 0 Å². The molecule has 5 heteroatoms. The number of hydrogen-bond donors (Lipinski definition) is 1. The third-order valence-corrected chi connectivity index (χ3v) is 3.23. The number of anilines is 1. The van der Waals surface area contributed by atoms with Crippen LogP contribution in [0, 0.1) is 0 Å². The number of rotatable bonds is 5. The Morgan fingerprint density at radius 3 is 2.60 bits per heavy atom. The number of carbonyl (C=O) groups excluding carboxylic acids is 1. The van der Waals surface area contributed by atoms with Gasteiger partial charge >= 0.3 is 0 Å². The molecule has 1 heterocycles. The summed E-state index contributed by atoms with van der Waals surface area (Å²) < 4.78 is 1.91. The van der Waals surface area contributed by atoms with Gasteiger partial charge in [-0.15, -0.1) is 0 Å². The molecule has 0 unspecified atom stereocenters. The summed E-state index contributed by atoms with van der Waals surface area (Å²) in [6.07, 6.45) is 5.35. The fraction of sp³-hybridized carbons (Fsp3) is 0.333. The number of likely N-dealkylation sites (N-methyl/N-ethyl adjacent to an activating group) is 1. The lowest BCUT2D eigenvalue weighted by Crippen LogP contribution is -2.34. The van der Waals surface area contributed by atoms with Crippen LogP contribution in [0.2, 0.25) is 0 Å². The normalized spacial score (nSPS) is 11.1. The van der Waals surface area contributed by atoms with E-state index in [-0.39, 0.29) is 5.91 Å². The molecule has 1 aromatic carbocycles. The van der Waals surface area contributed by atoms with Crippen LogP contribution >= 0.6 is 0 Å². The maximum atomic E-state index is 11.9. The Kier molecular flexibility index (Phi) is 4.53. The highest BCUT2D eigenvalue weighted by Crippen LogP contribution is 2.13. The summed E-state index contributed by atoms with van der Waals surface area (Å²) in [4.78, 5) is 17.9. The van der Waals surface area contributed by atoms with Crippen LogP contribution in [0.15, 0.2) is 43.0 Å². The molecule has 0 aliphatic carbocycles. The summed E-state index contributed by atoms with van der Waals surface area (Å²) in [6.45, 7) is 4.52. The Bertz CT molecular complexity index is 546. The van der Waals surface area contributed by atoms with Gasteiger partial charge in [-0.2, -0.15) is 0 Å². The van der Waals surface area contributed by atoms with Crippen molar-refractivity contribution in [3.8, 4) is 5.69 Å². The fourth-order valence-electron chi connectivity index (χ4n) is 1.74. The summed E-state index contributed by atoms with van der Waals surface area (Å²) in [7, 11) is 1.94. The van der Waals surface area contributed by atoms with E-state index >= 15 is 0 Å². The Morgan fingerprint density at radius 2 is 2.05 bits per heavy atom. The van der Waals surface area contributed by atoms with E-state index in [9.17, 15) is 4.79 Å². The van der Waals surface area contributed by atoms with Crippen molar-refractivity contribution in [3.05, 3.63) is 43.0 Å². The average molecular weight is 272 g/mol. The summed E-state index contributed by atoms with van der Waals surface area (Å²) in [5.41, 5.74) is 1.82. The molecule has 0 spiro atoms. The van der Waals surface area contributed by atoms with Crippen molar-refractivity contribution in [2.75, 3.05) is 18.9 Å². The first-order valence-corrected chi connectivity index (χ1v) is 6.65. The van der Waals surface area contributed by atoms with Gasteiger partial charge in [0, 0.05) is 29.8 Å². The first kappa shape index (κ1) is 14.3. The second-order valence-electron chi connectivity index (χ2n) is 5.07. The molecule has 1 amide bonds. The molecule has 0 fully saturated rings. The Hall–Kier alpha value is -2.14. The molecule has 2 rings (SSSR count). The molecule has 0 atom stereocenters. The van der Waals surface area contributed by atoms with Crippen LogP contribution in [0.4, 0.5) is 5.69 Å². The smallest absolute Gasteiger partial charge is 0.238 e. The topological polar surface area (TPSA) is 50.2 Å². The Morgan fingerprint density at radius 1 is 1.35 bits per heavy atom. The quantitative estimate of drug-likeness (QED) is 0.907. The van der Waals surface area contributed by atoms with Crippen LogP contribution < -0.4 is 5.32 Å². The maximum Gasteiger partial charge on any atom is 0.238 e. The predicted molar refractivity (Wildman–Crippen MR) is 80.0 cm³/mol. The zero-order chi connectivity index (χ0) is 14.5. The molecule has 20 heavy (non-hydrogen) atoms. The molecule has 1 aromatic heterocycles. The highest BCUT2D eigenvalue weighted by atomic mass is 16.2. The van der Waals surface area contributed by atoms with Gasteiger partial charge < -0.3 is 9.88 Å². The second kappa shape index (κ2) is 6.34. The lowest BCUT2D eigenvalue weighted by atomic mass is 10.2. The predicted octanol–water partition coefficient (Wildman–Crippen LogP) is 2.15. The van der Waals surface area contributed by atoms with Gasteiger partial charge in [0.2, 0.25) is 5.91 Å². The van der Waals surface area contributed by atoms with Crippen LogP contribution in [-0.4, -0.2) is 40.0 Å². The van der Waals surface area contributed by atoms with E-state index < -0.39 is 0 Å². The number of aromatic nitrogens is 2. The SMILES string of the molecule is CC(C)N(C)CC(=O)Nc1ccc(-n2ccnc2)cc1. The van der Waals surface area contributed by atoms with Crippen molar-refractivity contribution in [1.82, 2.24) is 14.5 Å². The number of nitrogens with one attached hydrogen (secondary N) is 1. The highest BCUT2D eigenvalue weighted by molar-refractivity contribution is 5.92. The summed E-state index contributed by atoms with van der Waals surface area (Å²) in [6, 6.07) is 8.03. The largest absolute Gasteiger partial charge is 0.325 e. The van der Waals surface area contributed by atoms with Gasteiger partial charge in [-0.05, 0) is 45.2 Å². The third kappa shape index (κ3) is 3.68. The molecule has 5 nitrogen and oxygen atoms in total. The lowest BCUT2D eigenvalue weighted by molar-refractivity contribution is -0.117. The highest BCUT2D eigenvalue weighted by Gasteiger charge is 2.09. The van der Waals surface area contributed by atoms with E-state index in [1.165, 1.54) is 0 Å². The number of hydrogen-bond acceptors (Lipinski definition) is 3. The fourth-order valence-corrected chi connectivity index (χ4v) is 1.74. The molecule has 106 valence electrons. The second-order valence-corrected chi connectivity index (χ2v) is 5.07. The van der Waals surface area contributed by atoms with E-state index in [1.807, 2.05) is 47.0 Å². The molecule has 0 saturated heterocycles. The van der Waals surface area contributed by atoms with Crippen molar-refractivity contribution < 1.29 is 4.79 Å². The van der Waals surface area contributed by atoms with Gasteiger partial charge in [-0.25, -0.2) is 4.98 Å². The Labute approximate surface area is 119 Å². The molecule has 2 aromatic rings. The maximum absolute atomic E-state index is 11.9. The molecule has 0 radical (unpaired) electrons. The van der Waals surface area contributed by atoms with Gasteiger partial charge in [-0.3, -0.25) is 9.69 Å². The molecular formula is C15H20N4O. The monoisotopic (exact) mass is 272 g/mol. The van der Waals surface area contributed by atoms with Crippen molar-refractivity contribution in [2.45, 2.75) is 19.9 Å². The zero-order valence-corrected chi connectivity index (χ0v) is 12.1. The first-order valence-electron chi connectivity index (χ1n) is 6.65. The van der Waals surface area contributed by atoms with Crippen LogP contribution in [0.3, 0.4) is 0 Å². The van der Waals surface area contributed by atoms with Gasteiger partial charge in [-0.1, -0.05) is 0 Å². The minimum Gasteiger partial charge on any atom is -0.325 e. The summed E-state index contributed by atoms with van der Waals surface area (Å²) >= 11 is 0. The van der Waals surface area contributed by atoms with Gasteiger partial charge in [0.05, 0.1) is 12.9 Å². The van der Waals surface area contributed by atoms with Crippen molar-refractivity contribution in [3.63, 3.8) is 0 Å². The number of amides is 1. The third-order valence-electron chi connectivity index (χ3n) is 3.23. The van der Waals surface area contributed by atoms with Gasteiger partial charge in [0.25, 0.3) is 0 Å². The van der Waals surface area contributed by atoms with Crippen LogP contribution in [-0.2, 0) is 4.79 Å². The van der Waals surface area contributed by atoms with E-state index in [0.717, 1.165) is 11.4 Å². The molecule has 0 bridgehead atoms. The summed E-state index contributed by atoms with van der Waals surface area (Å²) in [5, 5.41) is 2.89. The number of carbonyl (C=O) groups is 1. The van der Waals surface area contributed by atoms with E-state index in [0.29, 0.717) is 12.6 Å². The van der Waals surface area contributed by atoms with Crippen LogP contribution in [0.1, 0.15) is 13.8 Å².